The highest BCUT2D eigenvalue weighted by Crippen LogP contribution is 2.38. The van der Waals surface area contributed by atoms with Crippen molar-refractivity contribution < 1.29 is 23.7 Å². The topological polar surface area (TPSA) is 80.0 Å². The molecule has 1 atom stereocenters. The summed E-state index contributed by atoms with van der Waals surface area (Å²) in [5, 5.41) is 0. The van der Waals surface area contributed by atoms with Gasteiger partial charge in [-0.05, 0) is 19.4 Å². The first-order valence-electron chi connectivity index (χ1n) is 6.65. The maximum atomic E-state index is 11.8. The smallest absolute Gasteiger partial charge is 0.347 e. The molecule has 6 nitrogen and oxygen atoms in total. The van der Waals surface area contributed by atoms with Gasteiger partial charge in [0.1, 0.15) is 5.75 Å². The van der Waals surface area contributed by atoms with Gasteiger partial charge in [0.15, 0.2) is 17.6 Å². The average molecular weight is 281 g/mol. The Hall–Kier alpha value is -1.95. The van der Waals surface area contributed by atoms with Crippen LogP contribution in [0.1, 0.15) is 25.8 Å². The van der Waals surface area contributed by atoms with E-state index >= 15 is 0 Å². The first-order valence-corrected chi connectivity index (χ1v) is 6.65. The molecule has 1 aromatic rings. The third-order valence-corrected chi connectivity index (χ3v) is 2.97. The fourth-order valence-corrected chi connectivity index (χ4v) is 1.92. The van der Waals surface area contributed by atoms with Gasteiger partial charge in [0, 0.05) is 18.2 Å². The summed E-state index contributed by atoms with van der Waals surface area (Å²) in [6, 6.07) is 3.47. The molecule has 1 unspecified atom stereocenters. The summed E-state index contributed by atoms with van der Waals surface area (Å²) in [6.07, 6.45) is -0.141. The molecule has 0 saturated heterocycles. The van der Waals surface area contributed by atoms with Gasteiger partial charge < -0.3 is 24.7 Å². The summed E-state index contributed by atoms with van der Waals surface area (Å²) in [5.41, 5.74) is 6.47. The Morgan fingerprint density at radius 2 is 2.05 bits per heavy atom. The number of rotatable bonds is 6. The van der Waals surface area contributed by atoms with E-state index in [0.717, 1.165) is 5.56 Å². The van der Waals surface area contributed by atoms with Gasteiger partial charge in [-0.15, -0.1) is 0 Å². The molecule has 1 aliphatic heterocycles. The normalized spacial score (nSPS) is 13.9. The van der Waals surface area contributed by atoms with Crippen molar-refractivity contribution in [3.05, 3.63) is 17.7 Å². The fraction of sp³-hybridized carbons (Fsp3) is 0.500. The Morgan fingerprint density at radius 3 is 2.65 bits per heavy atom. The number of hydrogen-bond donors (Lipinski definition) is 1. The molecular formula is C14H19NO5. The van der Waals surface area contributed by atoms with Crippen molar-refractivity contribution in [3.63, 3.8) is 0 Å². The van der Waals surface area contributed by atoms with Crippen molar-refractivity contribution in [3.8, 4) is 17.2 Å². The molecule has 110 valence electrons. The molecule has 0 bridgehead atoms. The quantitative estimate of drug-likeness (QED) is 0.798. The summed E-state index contributed by atoms with van der Waals surface area (Å²) < 4.78 is 21.3. The van der Waals surface area contributed by atoms with Crippen molar-refractivity contribution in [1.29, 1.82) is 0 Å². The van der Waals surface area contributed by atoms with E-state index in [1.165, 1.54) is 0 Å². The number of hydrogen-bond acceptors (Lipinski definition) is 6. The van der Waals surface area contributed by atoms with Crippen LogP contribution in [-0.4, -0.2) is 25.5 Å². The number of benzene rings is 1. The standard InChI is InChI=1S/C14H19NO5/c1-3-10(14(16)17-4-2)20-11-6-13-12(18-8-19-13)5-9(11)7-15/h5-6,10H,3-4,7-8,15H2,1-2H3. The maximum absolute atomic E-state index is 11.8. The molecule has 0 saturated carbocycles. The van der Waals surface area contributed by atoms with Crippen LogP contribution in [0.3, 0.4) is 0 Å². The second-order valence-electron chi connectivity index (χ2n) is 4.28. The summed E-state index contributed by atoms with van der Waals surface area (Å²) in [7, 11) is 0. The Labute approximate surface area is 117 Å². The number of ether oxygens (including phenoxy) is 4. The monoisotopic (exact) mass is 281 g/mol. The molecule has 0 amide bonds. The summed E-state index contributed by atoms with van der Waals surface area (Å²) in [6.45, 7) is 4.40. The molecule has 1 aromatic carbocycles. The lowest BCUT2D eigenvalue weighted by Gasteiger charge is -2.18. The van der Waals surface area contributed by atoms with Crippen LogP contribution in [0.15, 0.2) is 12.1 Å². The van der Waals surface area contributed by atoms with Crippen molar-refractivity contribution in [1.82, 2.24) is 0 Å². The van der Waals surface area contributed by atoms with Gasteiger partial charge in [-0.2, -0.15) is 0 Å². The predicted molar refractivity (Wildman–Crippen MR) is 71.8 cm³/mol. The average Bonchev–Trinajstić information content (AvgIpc) is 2.90. The lowest BCUT2D eigenvalue weighted by Crippen LogP contribution is -2.29. The van der Waals surface area contributed by atoms with E-state index in [0.29, 0.717) is 30.3 Å². The molecule has 2 rings (SSSR count). The van der Waals surface area contributed by atoms with Crippen molar-refractivity contribution in [2.75, 3.05) is 13.4 Å². The van der Waals surface area contributed by atoms with E-state index in [-0.39, 0.29) is 19.3 Å². The van der Waals surface area contributed by atoms with Gasteiger partial charge in [-0.25, -0.2) is 4.79 Å². The number of carbonyl (C=O) groups excluding carboxylic acids is 1. The van der Waals surface area contributed by atoms with E-state index < -0.39 is 6.10 Å². The molecule has 1 aliphatic rings. The molecule has 0 aliphatic carbocycles. The third kappa shape index (κ3) is 2.96. The largest absolute Gasteiger partial charge is 0.478 e. The summed E-state index contributed by atoms with van der Waals surface area (Å²) in [4.78, 5) is 11.8. The van der Waals surface area contributed by atoms with Crippen LogP contribution < -0.4 is 19.9 Å². The van der Waals surface area contributed by atoms with Crippen molar-refractivity contribution >= 4 is 5.97 Å². The van der Waals surface area contributed by atoms with Gasteiger partial charge in [0.05, 0.1) is 6.61 Å². The van der Waals surface area contributed by atoms with Gasteiger partial charge in [-0.3, -0.25) is 0 Å². The second-order valence-corrected chi connectivity index (χ2v) is 4.28. The fourth-order valence-electron chi connectivity index (χ4n) is 1.92. The summed E-state index contributed by atoms with van der Waals surface area (Å²) >= 11 is 0. The van der Waals surface area contributed by atoms with Gasteiger partial charge >= 0.3 is 5.97 Å². The van der Waals surface area contributed by atoms with Crippen molar-refractivity contribution in [2.45, 2.75) is 32.9 Å². The first-order chi connectivity index (χ1) is 9.69. The number of fused-ring (bicyclic) bond motifs is 1. The van der Waals surface area contributed by atoms with Crippen molar-refractivity contribution in [2.24, 2.45) is 5.73 Å². The zero-order valence-electron chi connectivity index (χ0n) is 11.7. The Balaban J connectivity index is 2.21. The molecule has 2 N–H and O–H groups in total. The number of nitrogens with two attached hydrogens (primary N) is 1. The zero-order valence-corrected chi connectivity index (χ0v) is 11.7. The molecular weight excluding hydrogens is 262 g/mol. The van der Waals surface area contributed by atoms with E-state index in [2.05, 4.69) is 0 Å². The van der Waals surface area contributed by atoms with E-state index in [1.807, 2.05) is 6.92 Å². The second kappa shape index (κ2) is 6.47. The van der Waals surface area contributed by atoms with E-state index in [9.17, 15) is 4.79 Å². The molecule has 0 spiro atoms. The lowest BCUT2D eigenvalue weighted by molar-refractivity contribution is -0.151. The molecule has 20 heavy (non-hydrogen) atoms. The minimum atomic E-state index is -0.652. The van der Waals surface area contributed by atoms with Crippen LogP contribution in [-0.2, 0) is 16.1 Å². The van der Waals surface area contributed by atoms with Gasteiger partial charge in [-0.1, -0.05) is 6.92 Å². The Bertz CT molecular complexity index is 489. The Morgan fingerprint density at radius 1 is 1.35 bits per heavy atom. The predicted octanol–water partition coefficient (Wildman–Crippen LogP) is 1.59. The van der Waals surface area contributed by atoms with E-state index in [4.69, 9.17) is 24.7 Å². The van der Waals surface area contributed by atoms with Crippen LogP contribution >= 0.6 is 0 Å². The van der Waals surface area contributed by atoms with Crippen LogP contribution in [0.2, 0.25) is 0 Å². The van der Waals surface area contributed by atoms with Gasteiger partial charge in [0.25, 0.3) is 0 Å². The maximum Gasteiger partial charge on any atom is 0.347 e. The highest BCUT2D eigenvalue weighted by molar-refractivity contribution is 5.75. The Kier molecular flexibility index (Phi) is 4.68. The number of esters is 1. The minimum absolute atomic E-state index is 0.178. The first kappa shape index (κ1) is 14.5. The van der Waals surface area contributed by atoms with Crippen LogP contribution in [0.4, 0.5) is 0 Å². The SMILES string of the molecule is CCOC(=O)C(CC)Oc1cc2c(cc1CN)OCO2. The van der Waals surface area contributed by atoms with Gasteiger partial charge in [0.2, 0.25) is 6.79 Å². The lowest BCUT2D eigenvalue weighted by atomic mass is 10.1. The highest BCUT2D eigenvalue weighted by atomic mass is 16.7. The summed E-state index contributed by atoms with van der Waals surface area (Å²) in [5.74, 6) is 1.38. The number of carbonyl (C=O) groups is 1. The minimum Gasteiger partial charge on any atom is -0.478 e. The molecule has 0 aromatic heterocycles. The van der Waals surface area contributed by atoms with E-state index in [1.54, 1.807) is 19.1 Å². The molecule has 0 fully saturated rings. The van der Waals surface area contributed by atoms with Crippen LogP contribution in [0.5, 0.6) is 17.2 Å². The van der Waals surface area contributed by atoms with Crippen LogP contribution in [0, 0.1) is 0 Å². The zero-order chi connectivity index (χ0) is 14.5. The highest BCUT2D eigenvalue weighted by Gasteiger charge is 2.23. The third-order valence-electron chi connectivity index (χ3n) is 2.97. The molecule has 0 radical (unpaired) electrons. The molecule has 1 heterocycles. The molecule has 6 heteroatoms. The van der Waals surface area contributed by atoms with Crippen LogP contribution in [0.25, 0.3) is 0 Å².